The summed E-state index contributed by atoms with van der Waals surface area (Å²) in [6.07, 6.45) is -0.309. The zero-order valence-corrected chi connectivity index (χ0v) is 7.89. The van der Waals surface area contributed by atoms with E-state index in [1.54, 1.807) is 24.3 Å². The highest BCUT2D eigenvalue weighted by atomic mass is 31.2. The topological polar surface area (TPSA) is 83.6 Å². The van der Waals surface area contributed by atoms with E-state index in [1.165, 1.54) is 0 Å². The van der Waals surface area contributed by atoms with E-state index in [0.29, 0.717) is 0 Å². The maximum Gasteiger partial charge on any atom is 0.327 e. The van der Waals surface area contributed by atoms with E-state index in [-0.39, 0.29) is 6.16 Å². The summed E-state index contributed by atoms with van der Waals surface area (Å²) in [5.41, 5.74) is 6.33. The van der Waals surface area contributed by atoms with Crippen LogP contribution >= 0.6 is 7.60 Å². The van der Waals surface area contributed by atoms with E-state index in [1.807, 2.05) is 6.07 Å². The molecule has 0 bridgehead atoms. The van der Waals surface area contributed by atoms with Crippen LogP contribution in [-0.2, 0) is 4.57 Å². The van der Waals surface area contributed by atoms with Gasteiger partial charge in [-0.25, -0.2) is 0 Å². The Morgan fingerprint density at radius 1 is 1.31 bits per heavy atom. The zero-order chi connectivity index (χ0) is 9.90. The van der Waals surface area contributed by atoms with Crippen LogP contribution in [-0.4, -0.2) is 15.9 Å². The van der Waals surface area contributed by atoms with Gasteiger partial charge in [0, 0.05) is 6.04 Å². The molecule has 0 saturated heterocycles. The van der Waals surface area contributed by atoms with E-state index in [0.717, 1.165) is 5.56 Å². The molecule has 0 aromatic heterocycles. The largest absolute Gasteiger partial charge is 0.327 e. The van der Waals surface area contributed by atoms with Crippen molar-refractivity contribution in [3.63, 3.8) is 0 Å². The van der Waals surface area contributed by atoms with E-state index in [2.05, 4.69) is 0 Å². The summed E-state index contributed by atoms with van der Waals surface area (Å²) in [6, 6.07) is 8.31. The molecular weight excluding hydrogens is 189 g/mol. The molecule has 0 aliphatic carbocycles. The highest BCUT2D eigenvalue weighted by molar-refractivity contribution is 7.51. The van der Waals surface area contributed by atoms with Crippen molar-refractivity contribution in [3.8, 4) is 0 Å². The third-order valence-corrected chi connectivity index (χ3v) is 2.53. The molecule has 0 aliphatic rings. The van der Waals surface area contributed by atoms with Gasteiger partial charge in [0.2, 0.25) is 0 Å². The van der Waals surface area contributed by atoms with Crippen molar-refractivity contribution in [2.75, 3.05) is 6.16 Å². The normalized spacial score (nSPS) is 14.1. The maximum absolute atomic E-state index is 10.6. The first-order valence-corrected chi connectivity index (χ1v) is 5.64. The molecule has 0 heterocycles. The van der Waals surface area contributed by atoms with E-state index >= 15 is 0 Å². The van der Waals surface area contributed by atoms with Gasteiger partial charge in [0.25, 0.3) is 0 Å². The maximum atomic E-state index is 10.6. The zero-order valence-electron chi connectivity index (χ0n) is 7.00. The molecule has 0 aliphatic heterocycles. The first-order valence-electron chi connectivity index (χ1n) is 3.84. The third kappa shape index (κ3) is 3.70. The Labute approximate surface area is 76.6 Å². The Morgan fingerprint density at radius 2 is 1.85 bits per heavy atom. The molecule has 1 atom stereocenters. The van der Waals surface area contributed by atoms with Gasteiger partial charge in [0.05, 0.1) is 6.16 Å². The summed E-state index contributed by atoms with van der Waals surface area (Å²) in [4.78, 5) is 17.4. The molecule has 0 unspecified atom stereocenters. The van der Waals surface area contributed by atoms with Gasteiger partial charge in [0.15, 0.2) is 0 Å². The lowest BCUT2D eigenvalue weighted by Gasteiger charge is -2.12. The van der Waals surface area contributed by atoms with Crippen LogP contribution in [0.5, 0.6) is 0 Å². The van der Waals surface area contributed by atoms with Crippen LogP contribution in [0.2, 0.25) is 0 Å². The Bertz CT molecular complexity index is 308. The molecule has 1 rings (SSSR count). The fourth-order valence-corrected chi connectivity index (χ4v) is 1.79. The van der Waals surface area contributed by atoms with Crippen LogP contribution in [0, 0.1) is 0 Å². The molecule has 4 nitrogen and oxygen atoms in total. The molecule has 72 valence electrons. The Hall–Kier alpha value is -0.670. The summed E-state index contributed by atoms with van der Waals surface area (Å²) < 4.78 is 10.6. The standard InChI is InChI=1S/C8H12NO3P/c9-8(6-13(10,11)12)7-4-2-1-3-5-7/h1-5,8H,6,9H2,(H2,10,11,12)/t8-/m1/s1. The summed E-state index contributed by atoms with van der Waals surface area (Å²) in [7, 11) is -4.01. The lowest BCUT2D eigenvalue weighted by molar-refractivity contribution is 0.369. The van der Waals surface area contributed by atoms with Crippen molar-refractivity contribution in [2.24, 2.45) is 5.73 Å². The summed E-state index contributed by atoms with van der Waals surface area (Å²) in [6.45, 7) is 0. The lowest BCUT2D eigenvalue weighted by Crippen LogP contribution is -2.14. The summed E-state index contributed by atoms with van der Waals surface area (Å²) >= 11 is 0. The second-order valence-electron chi connectivity index (χ2n) is 2.86. The van der Waals surface area contributed by atoms with E-state index in [4.69, 9.17) is 15.5 Å². The molecule has 0 amide bonds. The monoisotopic (exact) mass is 201 g/mol. The average Bonchev–Trinajstić information content (AvgIpc) is 2.03. The minimum absolute atomic E-state index is 0.309. The van der Waals surface area contributed by atoms with Gasteiger partial charge in [0.1, 0.15) is 0 Å². The van der Waals surface area contributed by atoms with Crippen LogP contribution < -0.4 is 5.73 Å². The first kappa shape index (κ1) is 10.4. The van der Waals surface area contributed by atoms with E-state index < -0.39 is 13.6 Å². The average molecular weight is 201 g/mol. The van der Waals surface area contributed by atoms with Crippen molar-refractivity contribution < 1.29 is 14.4 Å². The second-order valence-corrected chi connectivity index (χ2v) is 4.56. The highest BCUT2D eigenvalue weighted by Gasteiger charge is 2.19. The number of hydrogen-bond acceptors (Lipinski definition) is 2. The van der Waals surface area contributed by atoms with Crippen LogP contribution in [0.1, 0.15) is 11.6 Å². The van der Waals surface area contributed by atoms with Crippen LogP contribution in [0.3, 0.4) is 0 Å². The van der Waals surface area contributed by atoms with Crippen molar-refractivity contribution in [1.29, 1.82) is 0 Å². The quantitative estimate of drug-likeness (QED) is 0.633. The van der Waals surface area contributed by atoms with Gasteiger partial charge >= 0.3 is 7.60 Å². The molecule has 13 heavy (non-hydrogen) atoms. The van der Waals surface area contributed by atoms with Gasteiger partial charge < -0.3 is 15.5 Å². The summed E-state index contributed by atoms with van der Waals surface area (Å²) in [5.74, 6) is 0. The van der Waals surface area contributed by atoms with Gasteiger partial charge in [-0.15, -0.1) is 0 Å². The van der Waals surface area contributed by atoms with Gasteiger partial charge in [-0.2, -0.15) is 0 Å². The Kier molecular flexibility index (Phi) is 3.22. The fourth-order valence-electron chi connectivity index (χ4n) is 1.06. The number of nitrogens with two attached hydrogens (primary N) is 1. The lowest BCUT2D eigenvalue weighted by atomic mass is 10.1. The predicted molar refractivity (Wildman–Crippen MR) is 50.3 cm³/mol. The molecular formula is C8H12NO3P. The van der Waals surface area contributed by atoms with Crippen LogP contribution in [0.25, 0.3) is 0 Å². The number of benzene rings is 1. The first-order chi connectivity index (χ1) is 5.99. The fraction of sp³-hybridized carbons (Fsp3) is 0.250. The molecule has 1 aromatic rings. The van der Waals surface area contributed by atoms with E-state index in [9.17, 15) is 4.57 Å². The van der Waals surface area contributed by atoms with Gasteiger partial charge in [-0.3, -0.25) is 4.57 Å². The molecule has 0 saturated carbocycles. The van der Waals surface area contributed by atoms with Gasteiger partial charge in [-0.05, 0) is 5.56 Å². The Morgan fingerprint density at radius 3 is 2.31 bits per heavy atom. The van der Waals surface area contributed by atoms with Crippen molar-refractivity contribution >= 4 is 7.60 Å². The molecule has 5 heteroatoms. The SMILES string of the molecule is N[C@H](CP(=O)(O)O)c1ccccc1. The molecule has 4 N–H and O–H groups in total. The predicted octanol–water partition coefficient (Wildman–Crippen LogP) is 0.864. The number of rotatable bonds is 3. The second kappa shape index (κ2) is 4.03. The molecule has 0 radical (unpaired) electrons. The van der Waals surface area contributed by atoms with Crippen molar-refractivity contribution in [2.45, 2.75) is 6.04 Å². The molecule has 0 spiro atoms. The smallest absolute Gasteiger partial charge is 0.324 e. The highest BCUT2D eigenvalue weighted by Crippen LogP contribution is 2.38. The van der Waals surface area contributed by atoms with Crippen LogP contribution in [0.15, 0.2) is 30.3 Å². The van der Waals surface area contributed by atoms with Crippen molar-refractivity contribution in [1.82, 2.24) is 0 Å². The third-order valence-electron chi connectivity index (χ3n) is 1.66. The molecule has 0 fully saturated rings. The molecule has 1 aromatic carbocycles. The van der Waals surface area contributed by atoms with Crippen molar-refractivity contribution in [3.05, 3.63) is 35.9 Å². The minimum atomic E-state index is -4.01. The van der Waals surface area contributed by atoms with Gasteiger partial charge in [-0.1, -0.05) is 30.3 Å². The van der Waals surface area contributed by atoms with Crippen LogP contribution in [0.4, 0.5) is 0 Å². The summed E-state index contributed by atoms with van der Waals surface area (Å²) in [5, 5.41) is 0. The Balaban J connectivity index is 2.70. The minimum Gasteiger partial charge on any atom is -0.324 e. The number of hydrogen-bond donors (Lipinski definition) is 3.